The van der Waals surface area contributed by atoms with E-state index < -0.39 is 17.8 Å². The second-order valence-electron chi connectivity index (χ2n) is 9.11. The molecular formula is C26H25F3N6O. The highest BCUT2D eigenvalue weighted by Crippen LogP contribution is 2.39. The number of nitrogens with two attached hydrogens (primary N) is 1. The number of nitrogens with zero attached hydrogens (tertiary/aromatic N) is 4. The van der Waals surface area contributed by atoms with Gasteiger partial charge in [0.05, 0.1) is 22.8 Å². The fourth-order valence-electron chi connectivity index (χ4n) is 4.62. The predicted octanol–water partition coefficient (Wildman–Crippen LogP) is 5.11. The molecule has 2 aromatic heterocycles. The first-order valence-electron chi connectivity index (χ1n) is 11.5. The molecule has 1 aliphatic heterocycles. The van der Waals surface area contributed by atoms with E-state index in [4.69, 9.17) is 5.73 Å². The van der Waals surface area contributed by atoms with Gasteiger partial charge < -0.3 is 20.5 Å². The Hall–Kier alpha value is -4.08. The molecule has 0 spiro atoms. The summed E-state index contributed by atoms with van der Waals surface area (Å²) in [4.78, 5) is 23.1. The van der Waals surface area contributed by atoms with Gasteiger partial charge in [-0.2, -0.15) is 13.2 Å². The topological polar surface area (TPSA) is 89.1 Å². The highest BCUT2D eigenvalue weighted by atomic mass is 19.4. The van der Waals surface area contributed by atoms with Crippen molar-refractivity contribution in [2.75, 3.05) is 22.5 Å². The van der Waals surface area contributed by atoms with E-state index in [2.05, 4.69) is 20.2 Å². The van der Waals surface area contributed by atoms with Gasteiger partial charge in [0.2, 0.25) is 5.56 Å². The van der Waals surface area contributed by atoms with Crippen molar-refractivity contribution < 1.29 is 13.2 Å². The van der Waals surface area contributed by atoms with Crippen LogP contribution in [0.25, 0.3) is 10.9 Å². The normalized spacial score (nSPS) is 14.2. The molecule has 0 bridgehead atoms. The Bertz CT molecular complexity index is 1550. The van der Waals surface area contributed by atoms with Crippen LogP contribution in [0.3, 0.4) is 0 Å². The van der Waals surface area contributed by atoms with E-state index in [-0.39, 0.29) is 11.2 Å². The Kier molecular flexibility index (Phi) is 5.61. The van der Waals surface area contributed by atoms with Crippen LogP contribution in [0.4, 0.5) is 36.1 Å². The number of anilines is 4. The number of aryl methyl sites for hydroxylation is 2. The zero-order valence-corrected chi connectivity index (χ0v) is 20.0. The lowest BCUT2D eigenvalue weighted by molar-refractivity contribution is -0.137. The summed E-state index contributed by atoms with van der Waals surface area (Å²) in [6.07, 6.45) is -1.88. The predicted molar refractivity (Wildman–Crippen MR) is 135 cm³/mol. The van der Waals surface area contributed by atoms with Gasteiger partial charge in [-0.25, -0.2) is 9.97 Å². The van der Waals surface area contributed by atoms with Crippen LogP contribution in [-0.4, -0.2) is 21.1 Å². The SMILES string of the molecule is Cc1nc(N[C@H](C)c2cc(N)cc(C(F)(F)F)c2)c2cc3c(cc2n1)CCN3c1ccc(=O)n(C)c1. The van der Waals surface area contributed by atoms with E-state index in [1.807, 2.05) is 12.1 Å². The quantitative estimate of drug-likeness (QED) is 0.384. The first kappa shape index (κ1) is 23.7. The lowest BCUT2D eigenvalue weighted by atomic mass is 10.0. The van der Waals surface area contributed by atoms with Gasteiger partial charge in [-0.1, -0.05) is 0 Å². The van der Waals surface area contributed by atoms with Crippen molar-refractivity contribution in [1.82, 2.24) is 14.5 Å². The summed E-state index contributed by atoms with van der Waals surface area (Å²) < 4.78 is 41.5. The van der Waals surface area contributed by atoms with Crippen molar-refractivity contribution in [3.63, 3.8) is 0 Å². The van der Waals surface area contributed by atoms with Gasteiger partial charge in [-0.05, 0) is 67.8 Å². The molecule has 1 atom stereocenters. The number of fused-ring (bicyclic) bond motifs is 2. The summed E-state index contributed by atoms with van der Waals surface area (Å²) in [6.45, 7) is 4.29. The average molecular weight is 495 g/mol. The van der Waals surface area contributed by atoms with Crippen LogP contribution >= 0.6 is 0 Å². The maximum Gasteiger partial charge on any atom is 0.416 e. The van der Waals surface area contributed by atoms with Gasteiger partial charge >= 0.3 is 6.18 Å². The van der Waals surface area contributed by atoms with Crippen LogP contribution in [0.15, 0.2) is 53.5 Å². The van der Waals surface area contributed by atoms with Gasteiger partial charge in [0.1, 0.15) is 11.6 Å². The molecule has 0 fully saturated rings. The second-order valence-corrected chi connectivity index (χ2v) is 9.11. The van der Waals surface area contributed by atoms with Gasteiger partial charge in [0.25, 0.3) is 0 Å². The lowest BCUT2D eigenvalue weighted by Gasteiger charge is -2.22. The molecule has 1 aliphatic rings. The number of benzene rings is 2. The Labute approximate surface area is 205 Å². The van der Waals surface area contributed by atoms with Gasteiger partial charge in [0, 0.05) is 42.6 Å². The molecule has 36 heavy (non-hydrogen) atoms. The van der Waals surface area contributed by atoms with Crippen molar-refractivity contribution in [1.29, 1.82) is 0 Å². The number of nitrogen functional groups attached to an aromatic ring is 1. The molecule has 5 rings (SSSR count). The van der Waals surface area contributed by atoms with E-state index in [1.165, 1.54) is 16.7 Å². The molecule has 4 aromatic rings. The van der Waals surface area contributed by atoms with Crippen LogP contribution in [0.1, 0.15) is 35.5 Å². The summed E-state index contributed by atoms with van der Waals surface area (Å²) >= 11 is 0. The number of halogens is 3. The third-order valence-corrected chi connectivity index (χ3v) is 6.44. The maximum atomic E-state index is 13.3. The van der Waals surface area contributed by atoms with Crippen molar-refractivity contribution in [2.45, 2.75) is 32.5 Å². The molecule has 186 valence electrons. The van der Waals surface area contributed by atoms with Crippen LogP contribution in [0.5, 0.6) is 0 Å². The number of hydrogen-bond acceptors (Lipinski definition) is 6. The smallest absolute Gasteiger partial charge is 0.399 e. The number of hydrogen-bond donors (Lipinski definition) is 2. The van der Waals surface area contributed by atoms with Crippen molar-refractivity contribution in [3.05, 3.63) is 81.5 Å². The molecule has 0 aliphatic carbocycles. The Morgan fingerprint density at radius 3 is 2.61 bits per heavy atom. The molecular weight excluding hydrogens is 469 g/mol. The molecule has 3 N–H and O–H groups in total. The average Bonchev–Trinajstić information content (AvgIpc) is 3.21. The zero-order chi connectivity index (χ0) is 25.8. The van der Waals surface area contributed by atoms with E-state index in [0.717, 1.165) is 52.9 Å². The summed E-state index contributed by atoms with van der Waals surface area (Å²) in [5.74, 6) is 1.07. The number of pyridine rings is 1. The third kappa shape index (κ3) is 4.34. The minimum absolute atomic E-state index is 0.0444. The van der Waals surface area contributed by atoms with E-state index in [0.29, 0.717) is 17.2 Å². The minimum Gasteiger partial charge on any atom is -0.399 e. The molecule has 0 saturated carbocycles. The third-order valence-electron chi connectivity index (χ3n) is 6.44. The fourth-order valence-corrected chi connectivity index (χ4v) is 4.62. The number of nitrogens with one attached hydrogen (secondary N) is 1. The van der Waals surface area contributed by atoms with Gasteiger partial charge in [-0.3, -0.25) is 4.79 Å². The largest absolute Gasteiger partial charge is 0.416 e. The Morgan fingerprint density at radius 2 is 1.89 bits per heavy atom. The molecule has 0 saturated heterocycles. The first-order chi connectivity index (χ1) is 17.0. The first-order valence-corrected chi connectivity index (χ1v) is 11.5. The molecule has 3 heterocycles. The molecule has 10 heteroatoms. The number of rotatable bonds is 4. The molecule has 0 unspecified atom stereocenters. The van der Waals surface area contributed by atoms with Crippen molar-refractivity contribution in [3.8, 4) is 0 Å². The monoisotopic (exact) mass is 494 g/mol. The van der Waals surface area contributed by atoms with Gasteiger partial charge in [-0.15, -0.1) is 0 Å². The molecule has 0 amide bonds. The maximum absolute atomic E-state index is 13.3. The highest BCUT2D eigenvalue weighted by Gasteiger charge is 2.31. The van der Waals surface area contributed by atoms with Crippen molar-refractivity contribution in [2.24, 2.45) is 7.05 Å². The molecule has 0 radical (unpaired) electrons. The van der Waals surface area contributed by atoms with E-state index >= 15 is 0 Å². The Morgan fingerprint density at radius 1 is 1.11 bits per heavy atom. The summed E-state index contributed by atoms with van der Waals surface area (Å²) in [6, 6.07) is 10.4. The van der Waals surface area contributed by atoms with E-state index in [9.17, 15) is 18.0 Å². The molecule has 7 nitrogen and oxygen atoms in total. The van der Waals surface area contributed by atoms with Crippen LogP contribution < -0.4 is 21.5 Å². The number of aromatic nitrogens is 3. The minimum atomic E-state index is -4.49. The summed E-state index contributed by atoms with van der Waals surface area (Å²) in [5.41, 5.74) is 9.09. The number of alkyl halides is 3. The molecule has 2 aromatic carbocycles. The highest BCUT2D eigenvalue weighted by molar-refractivity contribution is 5.94. The fraction of sp³-hybridized carbons (Fsp3) is 0.269. The van der Waals surface area contributed by atoms with Crippen molar-refractivity contribution >= 4 is 33.8 Å². The van der Waals surface area contributed by atoms with Crippen LogP contribution in [0, 0.1) is 6.92 Å². The van der Waals surface area contributed by atoms with Crippen LogP contribution in [-0.2, 0) is 19.6 Å². The van der Waals surface area contributed by atoms with Crippen LogP contribution in [0.2, 0.25) is 0 Å². The zero-order valence-electron chi connectivity index (χ0n) is 20.0. The lowest BCUT2D eigenvalue weighted by Crippen LogP contribution is -2.19. The van der Waals surface area contributed by atoms with Gasteiger partial charge in [0.15, 0.2) is 0 Å². The summed E-state index contributed by atoms with van der Waals surface area (Å²) in [5, 5.41) is 4.02. The summed E-state index contributed by atoms with van der Waals surface area (Å²) in [7, 11) is 1.71. The van der Waals surface area contributed by atoms with E-state index in [1.54, 1.807) is 33.2 Å². The second kappa shape index (κ2) is 8.54. The standard InChI is InChI=1S/C26H25F3N6O/c1-14(17-8-18(26(27,28)29)11-19(30)9-17)31-25-21-12-23-16(10-22(21)32-15(2)33-25)6-7-35(23)20-4-5-24(36)34(3)13-20/h4-5,8-14H,6-7,30H2,1-3H3,(H,31,32,33)/t14-/m1/s1. The Balaban J connectivity index is 1.55.